The van der Waals surface area contributed by atoms with Gasteiger partial charge in [-0.25, -0.2) is 0 Å². The summed E-state index contributed by atoms with van der Waals surface area (Å²) in [6, 6.07) is 5.84. The lowest BCUT2D eigenvalue weighted by molar-refractivity contribution is -0.131. The Morgan fingerprint density at radius 1 is 1.18 bits per heavy atom. The average molecular weight is 312 g/mol. The predicted octanol–water partition coefficient (Wildman–Crippen LogP) is 1.57. The lowest BCUT2D eigenvalue weighted by Crippen LogP contribution is -2.39. The van der Waals surface area contributed by atoms with E-state index in [1.807, 2.05) is 0 Å². The Bertz CT molecular complexity index is 514. The van der Waals surface area contributed by atoms with Crippen LogP contribution in [0.25, 0.3) is 0 Å². The molecule has 1 N–H and O–H groups in total. The molecule has 2 rings (SSSR count). The molecule has 5 nitrogen and oxygen atoms in total. The summed E-state index contributed by atoms with van der Waals surface area (Å²) in [6.07, 6.45) is 2.10. The van der Waals surface area contributed by atoms with Gasteiger partial charge in [-0.15, -0.1) is 0 Å². The van der Waals surface area contributed by atoms with Gasteiger partial charge in [-0.3, -0.25) is 9.59 Å². The second-order valence-corrected chi connectivity index (χ2v) is 5.06. The molecule has 1 fully saturated rings. The molecule has 1 aromatic carbocycles. The molecule has 22 heavy (non-hydrogen) atoms. The summed E-state index contributed by atoms with van der Waals surface area (Å²) in [5, 5.41) is 2.57. The van der Waals surface area contributed by atoms with Gasteiger partial charge in [0, 0.05) is 13.1 Å². The van der Waals surface area contributed by atoms with E-state index in [4.69, 9.17) is 0 Å². The summed E-state index contributed by atoms with van der Waals surface area (Å²) in [5.74, 6) is -0.315. The van der Waals surface area contributed by atoms with Gasteiger partial charge in [0.25, 0.3) is 0 Å². The minimum absolute atomic E-state index is 0.00852. The van der Waals surface area contributed by atoms with Crippen LogP contribution in [-0.2, 0) is 16.0 Å². The molecule has 7 heteroatoms. The number of carbonyl (C=O) groups is 2. The summed E-state index contributed by atoms with van der Waals surface area (Å²) in [5.41, 5.74) is 0.660. The fourth-order valence-electron chi connectivity index (χ4n) is 2.29. The minimum Gasteiger partial charge on any atom is -0.435 e. The van der Waals surface area contributed by atoms with Gasteiger partial charge in [-0.05, 0) is 30.5 Å². The lowest BCUT2D eigenvalue weighted by Gasteiger charge is -2.15. The van der Waals surface area contributed by atoms with Gasteiger partial charge in [0.05, 0.1) is 13.0 Å². The predicted molar refractivity (Wildman–Crippen MR) is 75.6 cm³/mol. The smallest absolute Gasteiger partial charge is 0.387 e. The highest BCUT2D eigenvalue weighted by atomic mass is 19.3. The molecular formula is C15H18F2N2O3. The van der Waals surface area contributed by atoms with Gasteiger partial charge >= 0.3 is 6.61 Å². The number of amides is 2. The van der Waals surface area contributed by atoms with Gasteiger partial charge in [-0.1, -0.05) is 12.1 Å². The summed E-state index contributed by atoms with van der Waals surface area (Å²) in [6.45, 7) is -1.38. The van der Waals surface area contributed by atoms with Gasteiger partial charge in [0.15, 0.2) is 0 Å². The number of nitrogens with zero attached hydrogens (tertiary/aromatic N) is 1. The van der Waals surface area contributed by atoms with Crippen molar-refractivity contribution >= 4 is 11.8 Å². The molecule has 0 radical (unpaired) electrons. The Balaban J connectivity index is 1.75. The number of ether oxygens (including phenoxy) is 1. The van der Waals surface area contributed by atoms with E-state index in [0.29, 0.717) is 5.56 Å². The van der Waals surface area contributed by atoms with Crippen molar-refractivity contribution in [3.63, 3.8) is 0 Å². The molecule has 0 saturated carbocycles. The molecule has 1 aromatic rings. The second-order valence-electron chi connectivity index (χ2n) is 5.06. The van der Waals surface area contributed by atoms with Gasteiger partial charge < -0.3 is 15.0 Å². The third-order valence-electron chi connectivity index (χ3n) is 3.41. The van der Waals surface area contributed by atoms with Crippen molar-refractivity contribution < 1.29 is 23.1 Å². The molecule has 2 amide bonds. The number of benzene rings is 1. The van der Waals surface area contributed by atoms with E-state index in [9.17, 15) is 18.4 Å². The van der Waals surface area contributed by atoms with Crippen molar-refractivity contribution in [2.45, 2.75) is 25.9 Å². The SMILES string of the molecule is O=C(Cc1ccc(OC(F)F)cc1)NCC(=O)N1CCCC1. The normalized spacial score (nSPS) is 14.2. The topological polar surface area (TPSA) is 58.6 Å². The Morgan fingerprint density at radius 3 is 2.41 bits per heavy atom. The van der Waals surface area contributed by atoms with E-state index in [0.717, 1.165) is 25.9 Å². The first-order valence-corrected chi connectivity index (χ1v) is 7.13. The Hall–Kier alpha value is -2.18. The summed E-state index contributed by atoms with van der Waals surface area (Å²) in [4.78, 5) is 25.3. The molecule has 0 aromatic heterocycles. The molecule has 0 spiro atoms. The molecule has 1 heterocycles. The maximum atomic E-state index is 12.0. The van der Waals surface area contributed by atoms with Crippen LogP contribution in [-0.4, -0.2) is 43.0 Å². The number of alkyl halides is 2. The first-order chi connectivity index (χ1) is 10.5. The van der Waals surface area contributed by atoms with Crippen molar-refractivity contribution in [2.75, 3.05) is 19.6 Å². The van der Waals surface area contributed by atoms with E-state index >= 15 is 0 Å². The second kappa shape index (κ2) is 7.72. The van der Waals surface area contributed by atoms with E-state index < -0.39 is 6.61 Å². The Kier molecular flexibility index (Phi) is 5.68. The maximum Gasteiger partial charge on any atom is 0.387 e. The molecule has 1 aliphatic heterocycles. The average Bonchev–Trinajstić information content (AvgIpc) is 3.00. The van der Waals surface area contributed by atoms with Crippen LogP contribution in [0, 0.1) is 0 Å². The summed E-state index contributed by atoms with van der Waals surface area (Å²) < 4.78 is 28.3. The molecular weight excluding hydrogens is 294 g/mol. The molecule has 0 bridgehead atoms. The van der Waals surface area contributed by atoms with Gasteiger partial charge in [0.1, 0.15) is 5.75 Å². The van der Waals surface area contributed by atoms with Crippen LogP contribution in [0.5, 0.6) is 5.75 Å². The monoisotopic (exact) mass is 312 g/mol. The van der Waals surface area contributed by atoms with Crippen molar-refractivity contribution in [2.24, 2.45) is 0 Å². The van der Waals surface area contributed by atoms with Gasteiger partial charge in [0.2, 0.25) is 11.8 Å². The highest BCUT2D eigenvalue weighted by molar-refractivity contribution is 5.85. The third kappa shape index (κ3) is 4.98. The first kappa shape index (κ1) is 16.2. The first-order valence-electron chi connectivity index (χ1n) is 7.13. The van der Waals surface area contributed by atoms with E-state index in [2.05, 4.69) is 10.1 Å². The fourth-order valence-corrected chi connectivity index (χ4v) is 2.29. The number of likely N-dealkylation sites (tertiary alicyclic amines) is 1. The van der Waals surface area contributed by atoms with Crippen molar-refractivity contribution in [3.8, 4) is 5.75 Å². The van der Waals surface area contributed by atoms with Crippen LogP contribution in [0.3, 0.4) is 0 Å². The van der Waals surface area contributed by atoms with E-state index in [1.165, 1.54) is 12.1 Å². The summed E-state index contributed by atoms with van der Waals surface area (Å²) in [7, 11) is 0. The summed E-state index contributed by atoms with van der Waals surface area (Å²) >= 11 is 0. The molecule has 1 aliphatic rings. The van der Waals surface area contributed by atoms with Crippen LogP contribution in [0.1, 0.15) is 18.4 Å². The zero-order chi connectivity index (χ0) is 15.9. The third-order valence-corrected chi connectivity index (χ3v) is 3.41. The number of rotatable bonds is 6. The van der Waals surface area contributed by atoms with Gasteiger partial charge in [-0.2, -0.15) is 8.78 Å². The maximum absolute atomic E-state index is 12.0. The molecule has 120 valence electrons. The zero-order valence-electron chi connectivity index (χ0n) is 12.1. The fraction of sp³-hybridized carbons (Fsp3) is 0.467. The molecule has 0 unspecified atom stereocenters. The zero-order valence-corrected chi connectivity index (χ0v) is 12.1. The number of hydrogen-bond acceptors (Lipinski definition) is 3. The highest BCUT2D eigenvalue weighted by Crippen LogP contribution is 2.15. The van der Waals surface area contributed by atoms with Crippen LogP contribution in [0.4, 0.5) is 8.78 Å². The van der Waals surface area contributed by atoms with E-state index in [1.54, 1.807) is 17.0 Å². The van der Waals surface area contributed by atoms with Crippen LogP contribution in [0.15, 0.2) is 24.3 Å². The number of hydrogen-bond donors (Lipinski definition) is 1. The largest absolute Gasteiger partial charge is 0.435 e. The highest BCUT2D eigenvalue weighted by Gasteiger charge is 2.18. The van der Waals surface area contributed by atoms with Crippen molar-refractivity contribution in [3.05, 3.63) is 29.8 Å². The molecule has 1 saturated heterocycles. The Labute approximate surface area is 127 Å². The number of halogens is 2. The minimum atomic E-state index is -2.87. The van der Waals surface area contributed by atoms with Crippen LogP contribution >= 0.6 is 0 Å². The quantitative estimate of drug-likeness (QED) is 0.867. The van der Waals surface area contributed by atoms with Crippen LogP contribution < -0.4 is 10.1 Å². The Morgan fingerprint density at radius 2 is 1.82 bits per heavy atom. The standard InChI is InChI=1S/C15H18F2N2O3/c16-15(17)22-12-5-3-11(4-6-12)9-13(20)18-10-14(21)19-7-1-2-8-19/h3-6,15H,1-2,7-10H2,(H,18,20). The number of nitrogens with one attached hydrogen (secondary N) is 1. The van der Waals surface area contributed by atoms with Crippen molar-refractivity contribution in [1.82, 2.24) is 10.2 Å². The molecule has 0 atom stereocenters. The van der Waals surface area contributed by atoms with E-state index in [-0.39, 0.29) is 30.5 Å². The molecule has 0 aliphatic carbocycles. The van der Waals surface area contributed by atoms with Crippen molar-refractivity contribution in [1.29, 1.82) is 0 Å². The number of carbonyl (C=O) groups excluding carboxylic acids is 2. The lowest BCUT2D eigenvalue weighted by atomic mass is 10.1. The van der Waals surface area contributed by atoms with Crippen LogP contribution in [0.2, 0.25) is 0 Å².